The highest BCUT2D eigenvalue weighted by Gasteiger charge is 2.28. The molecular formula is C23H29NO3. The van der Waals surface area contributed by atoms with E-state index in [1.54, 1.807) is 7.11 Å². The van der Waals surface area contributed by atoms with Gasteiger partial charge in [-0.1, -0.05) is 19.3 Å². The first-order chi connectivity index (χ1) is 13.1. The molecule has 0 heterocycles. The van der Waals surface area contributed by atoms with E-state index in [4.69, 9.17) is 9.47 Å². The zero-order chi connectivity index (χ0) is 19.2. The van der Waals surface area contributed by atoms with Gasteiger partial charge < -0.3 is 14.4 Å². The maximum Gasteiger partial charge on any atom is 0.254 e. The van der Waals surface area contributed by atoms with E-state index in [0.717, 1.165) is 29.9 Å². The number of carbonyl (C=O) groups excluding carboxylic acids is 1. The van der Waals surface area contributed by atoms with Gasteiger partial charge in [-0.2, -0.15) is 0 Å². The summed E-state index contributed by atoms with van der Waals surface area (Å²) in [5.74, 6) is 2.36. The fourth-order valence-corrected chi connectivity index (χ4v) is 3.78. The van der Waals surface area contributed by atoms with Crippen LogP contribution in [-0.2, 0) is 0 Å². The van der Waals surface area contributed by atoms with Crippen LogP contribution in [0.25, 0.3) is 0 Å². The first-order valence-corrected chi connectivity index (χ1v) is 9.83. The lowest BCUT2D eigenvalue weighted by molar-refractivity contribution is 0.0555. The molecule has 0 saturated heterocycles. The van der Waals surface area contributed by atoms with Gasteiger partial charge in [0.1, 0.15) is 17.2 Å². The number of hydrogen-bond acceptors (Lipinski definition) is 3. The lowest BCUT2D eigenvalue weighted by atomic mass is 9.93. The molecule has 1 fully saturated rings. The highest BCUT2D eigenvalue weighted by Crippen LogP contribution is 2.27. The van der Waals surface area contributed by atoms with Crippen molar-refractivity contribution in [1.82, 2.24) is 4.90 Å². The average molecular weight is 367 g/mol. The van der Waals surface area contributed by atoms with Crippen LogP contribution in [0.4, 0.5) is 0 Å². The Morgan fingerprint density at radius 3 is 1.93 bits per heavy atom. The summed E-state index contributed by atoms with van der Waals surface area (Å²) in [4.78, 5) is 15.2. The molecule has 0 N–H and O–H groups in total. The van der Waals surface area contributed by atoms with Crippen molar-refractivity contribution in [2.24, 2.45) is 0 Å². The van der Waals surface area contributed by atoms with E-state index in [9.17, 15) is 4.79 Å². The van der Waals surface area contributed by atoms with Gasteiger partial charge in [0.2, 0.25) is 0 Å². The Labute approximate surface area is 162 Å². The summed E-state index contributed by atoms with van der Waals surface area (Å²) in [7, 11) is 1.64. The normalized spacial score (nSPS) is 14.8. The van der Waals surface area contributed by atoms with Gasteiger partial charge in [-0.05, 0) is 75.2 Å². The van der Waals surface area contributed by atoms with Gasteiger partial charge in [0.15, 0.2) is 0 Å². The van der Waals surface area contributed by atoms with E-state index >= 15 is 0 Å². The quantitative estimate of drug-likeness (QED) is 0.660. The molecule has 2 aromatic carbocycles. The molecule has 0 unspecified atom stereocenters. The lowest BCUT2D eigenvalue weighted by Gasteiger charge is -2.37. The minimum atomic E-state index is 0.118. The maximum atomic E-state index is 13.1. The number of hydrogen-bond donors (Lipinski definition) is 0. The maximum absolute atomic E-state index is 13.1. The monoisotopic (exact) mass is 367 g/mol. The molecule has 0 atom stereocenters. The Bertz CT molecular complexity index is 731. The molecule has 1 aliphatic rings. The molecule has 2 aromatic rings. The topological polar surface area (TPSA) is 38.8 Å². The smallest absolute Gasteiger partial charge is 0.254 e. The predicted molar refractivity (Wildman–Crippen MR) is 108 cm³/mol. The zero-order valence-electron chi connectivity index (χ0n) is 16.5. The van der Waals surface area contributed by atoms with Gasteiger partial charge in [0, 0.05) is 17.6 Å². The molecule has 0 spiro atoms. The number of ether oxygens (including phenoxy) is 2. The van der Waals surface area contributed by atoms with E-state index in [1.807, 2.05) is 48.5 Å². The van der Waals surface area contributed by atoms with Gasteiger partial charge in [-0.3, -0.25) is 4.79 Å². The number of nitrogens with zero attached hydrogens (tertiary/aromatic N) is 1. The molecule has 4 nitrogen and oxygen atoms in total. The van der Waals surface area contributed by atoms with E-state index < -0.39 is 0 Å². The Morgan fingerprint density at radius 1 is 0.889 bits per heavy atom. The molecule has 0 aromatic heterocycles. The number of rotatable bonds is 6. The fraction of sp³-hybridized carbons (Fsp3) is 0.435. The second kappa shape index (κ2) is 8.94. The SMILES string of the molecule is COc1ccc(Oc2ccc(C(=O)N(C(C)C)C3CCCCC3)cc2)cc1. The van der Waals surface area contributed by atoms with Crippen molar-refractivity contribution in [2.45, 2.75) is 58.0 Å². The minimum absolute atomic E-state index is 0.118. The molecule has 144 valence electrons. The van der Waals surface area contributed by atoms with Crippen LogP contribution in [0.15, 0.2) is 48.5 Å². The van der Waals surface area contributed by atoms with Crippen LogP contribution in [0, 0.1) is 0 Å². The summed E-state index contributed by atoms with van der Waals surface area (Å²) in [6.45, 7) is 4.21. The highest BCUT2D eigenvalue weighted by molar-refractivity contribution is 5.94. The Morgan fingerprint density at radius 2 is 1.41 bits per heavy atom. The third-order valence-corrected chi connectivity index (χ3v) is 5.16. The van der Waals surface area contributed by atoms with Crippen molar-refractivity contribution in [3.05, 3.63) is 54.1 Å². The average Bonchev–Trinajstić information content (AvgIpc) is 2.70. The summed E-state index contributed by atoms with van der Waals surface area (Å²) in [5.41, 5.74) is 0.719. The standard InChI is InChI=1S/C23H29NO3/c1-17(2)24(19-7-5-4-6-8-19)23(25)18-9-11-21(12-10-18)27-22-15-13-20(26-3)14-16-22/h9-17,19H,4-8H2,1-3H3. The van der Waals surface area contributed by atoms with Gasteiger partial charge >= 0.3 is 0 Å². The van der Waals surface area contributed by atoms with Crippen LogP contribution in [0.5, 0.6) is 17.2 Å². The molecule has 1 amide bonds. The second-order valence-electron chi connectivity index (χ2n) is 7.40. The first-order valence-electron chi connectivity index (χ1n) is 9.83. The van der Waals surface area contributed by atoms with Crippen molar-refractivity contribution in [3.8, 4) is 17.2 Å². The molecule has 0 aliphatic heterocycles. The summed E-state index contributed by atoms with van der Waals surface area (Å²) in [6.07, 6.45) is 5.95. The molecule has 27 heavy (non-hydrogen) atoms. The van der Waals surface area contributed by atoms with Gasteiger partial charge in [0.05, 0.1) is 7.11 Å². The number of carbonyl (C=O) groups is 1. The third kappa shape index (κ3) is 4.82. The fourth-order valence-electron chi connectivity index (χ4n) is 3.78. The summed E-state index contributed by atoms with van der Waals surface area (Å²) < 4.78 is 11.0. The molecule has 3 rings (SSSR count). The van der Waals surface area contributed by atoms with Crippen LogP contribution in [0.1, 0.15) is 56.3 Å². The Hall–Kier alpha value is -2.49. The zero-order valence-corrected chi connectivity index (χ0v) is 16.5. The molecule has 4 heteroatoms. The minimum Gasteiger partial charge on any atom is -0.497 e. The van der Waals surface area contributed by atoms with Crippen LogP contribution in [-0.4, -0.2) is 30.0 Å². The number of methoxy groups -OCH3 is 1. The summed E-state index contributed by atoms with van der Waals surface area (Å²) in [6, 6.07) is 15.4. The molecule has 0 bridgehead atoms. The van der Waals surface area contributed by atoms with Crippen LogP contribution in [0.2, 0.25) is 0 Å². The largest absolute Gasteiger partial charge is 0.497 e. The lowest BCUT2D eigenvalue weighted by Crippen LogP contribution is -2.45. The Kier molecular flexibility index (Phi) is 6.38. The molecular weight excluding hydrogens is 338 g/mol. The van der Waals surface area contributed by atoms with Crippen molar-refractivity contribution in [1.29, 1.82) is 0 Å². The summed E-state index contributed by atoms with van der Waals surface area (Å²) in [5, 5.41) is 0. The van der Waals surface area contributed by atoms with E-state index in [-0.39, 0.29) is 11.9 Å². The molecule has 1 saturated carbocycles. The van der Waals surface area contributed by atoms with E-state index in [2.05, 4.69) is 18.7 Å². The number of amides is 1. The van der Waals surface area contributed by atoms with Gasteiger partial charge in [-0.15, -0.1) is 0 Å². The van der Waals surface area contributed by atoms with Crippen molar-refractivity contribution < 1.29 is 14.3 Å². The van der Waals surface area contributed by atoms with E-state index in [1.165, 1.54) is 19.3 Å². The van der Waals surface area contributed by atoms with Crippen LogP contribution < -0.4 is 9.47 Å². The summed E-state index contributed by atoms with van der Waals surface area (Å²) >= 11 is 0. The molecule has 0 radical (unpaired) electrons. The van der Waals surface area contributed by atoms with Gasteiger partial charge in [0.25, 0.3) is 5.91 Å². The van der Waals surface area contributed by atoms with Crippen LogP contribution in [0.3, 0.4) is 0 Å². The van der Waals surface area contributed by atoms with Gasteiger partial charge in [-0.25, -0.2) is 0 Å². The van der Waals surface area contributed by atoms with Crippen molar-refractivity contribution in [2.75, 3.05) is 7.11 Å². The highest BCUT2D eigenvalue weighted by atomic mass is 16.5. The van der Waals surface area contributed by atoms with Crippen molar-refractivity contribution >= 4 is 5.91 Å². The first kappa shape index (κ1) is 19.3. The third-order valence-electron chi connectivity index (χ3n) is 5.16. The molecule has 1 aliphatic carbocycles. The second-order valence-corrected chi connectivity index (χ2v) is 7.40. The Balaban J connectivity index is 1.69. The van der Waals surface area contributed by atoms with Crippen LogP contribution >= 0.6 is 0 Å². The number of benzene rings is 2. The van der Waals surface area contributed by atoms with E-state index in [0.29, 0.717) is 11.8 Å². The predicted octanol–water partition coefficient (Wildman–Crippen LogP) is 5.67. The van der Waals surface area contributed by atoms with Crippen molar-refractivity contribution in [3.63, 3.8) is 0 Å².